The summed E-state index contributed by atoms with van der Waals surface area (Å²) in [5, 5.41) is 0. The number of ether oxygens (including phenoxy) is 3. The molecule has 242 valence electrons. The summed E-state index contributed by atoms with van der Waals surface area (Å²) >= 11 is 0. The summed E-state index contributed by atoms with van der Waals surface area (Å²) in [6, 6.07) is 0. The number of rotatable bonds is 3. The molecule has 0 aliphatic carbocycles. The van der Waals surface area contributed by atoms with Crippen LogP contribution in [0.5, 0.6) is 0 Å². The van der Waals surface area contributed by atoms with E-state index in [4.69, 9.17) is 38.9 Å². The van der Waals surface area contributed by atoms with E-state index in [-0.39, 0.29) is 42.5 Å². The maximum atomic E-state index is 13.6. The van der Waals surface area contributed by atoms with Crippen molar-refractivity contribution in [3.63, 3.8) is 0 Å². The Labute approximate surface area is 253 Å². The van der Waals surface area contributed by atoms with Crippen molar-refractivity contribution in [1.29, 1.82) is 0 Å². The Bertz CT molecular complexity index is 1980. The lowest BCUT2D eigenvalue weighted by Gasteiger charge is -2.24. The average Bonchev–Trinajstić information content (AvgIpc) is 3.74. The Morgan fingerprint density at radius 3 is 2.62 bits per heavy atom. The van der Waals surface area contributed by atoms with Crippen molar-refractivity contribution in [2.75, 3.05) is 38.4 Å². The molecule has 2 bridgehead atoms. The first-order chi connectivity index (χ1) is 21.4. The lowest BCUT2D eigenvalue weighted by molar-refractivity contribution is -0.0525. The Hall–Kier alpha value is -3.60. The molecule has 7 rings (SSSR count). The number of nitrogens with one attached hydrogen (secondary N) is 2. The molecule has 3 fully saturated rings. The fourth-order valence-electron chi connectivity index (χ4n) is 5.68. The molecule has 8 atom stereocenters. The van der Waals surface area contributed by atoms with Crippen molar-refractivity contribution >= 4 is 52.0 Å². The molecule has 0 amide bonds. The molecule has 3 aliphatic rings. The van der Waals surface area contributed by atoms with Gasteiger partial charge < -0.3 is 34.7 Å². The summed E-state index contributed by atoms with van der Waals surface area (Å²) < 4.78 is 80.8. The van der Waals surface area contributed by atoms with Crippen LogP contribution in [-0.4, -0.2) is 105 Å². The van der Waals surface area contributed by atoms with Gasteiger partial charge in [0.25, 0.3) is 5.56 Å². The van der Waals surface area contributed by atoms with Crippen LogP contribution in [-0.2, 0) is 42.3 Å². The molecular formula is C22H28N11O10PS. The van der Waals surface area contributed by atoms with Gasteiger partial charge in [-0.2, -0.15) is 18.1 Å². The lowest BCUT2D eigenvalue weighted by atomic mass is 10.1. The van der Waals surface area contributed by atoms with E-state index in [9.17, 15) is 17.8 Å². The van der Waals surface area contributed by atoms with E-state index in [1.54, 1.807) is 4.57 Å². The fourth-order valence-corrected chi connectivity index (χ4v) is 7.80. The number of nitrogens with two attached hydrogens (primary N) is 2. The number of methoxy groups -OCH3 is 1. The van der Waals surface area contributed by atoms with E-state index in [0.29, 0.717) is 11.2 Å². The number of nitrogen functional groups attached to an aromatic ring is 2. The van der Waals surface area contributed by atoms with Gasteiger partial charge in [0.05, 0.1) is 25.4 Å². The van der Waals surface area contributed by atoms with Crippen molar-refractivity contribution in [3.05, 3.63) is 29.3 Å². The zero-order chi connectivity index (χ0) is 31.7. The number of fused-ring (bicyclic) bond motifs is 5. The molecule has 0 spiro atoms. The minimum atomic E-state index is -4.53. The van der Waals surface area contributed by atoms with E-state index in [1.165, 1.54) is 37.3 Å². The zero-order valence-corrected chi connectivity index (χ0v) is 25.3. The van der Waals surface area contributed by atoms with E-state index in [0.717, 1.165) is 0 Å². The first-order valence-electron chi connectivity index (χ1n) is 13.5. The van der Waals surface area contributed by atoms with E-state index >= 15 is 0 Å². The van der Waals surface area contributed by atoms with E-state index in [1.807, 2.05) is 0 Å². The largest absolute Gasteiger partial charge is 0.382 e. The van der Waals surface area contributed by atoms with Crippen LogP contribution in [0, 0.1) is 0 Å². The monoisotopic (exact) mass is 669 g/mol. The number of aromatic nitrogens is 8. The Balaban J connectivity index is 1.21. The summed E-state index contributed by atoms with van der Waals surface area (Å²) in [4.78, 5) is 35.3. The summed E-state index contributed by atoms with van der Waals surface area (Å²) in [6.07, 6.45) is -3.13. The molecule has 45 heavy (non-hydrogen) atoms. The molecule has 21 nitrogen and oxygen atoms in total. The molecule has 8 unspecified atom stereocenters. The standard InChI is InChI=1S/C22H28N11O10PS/c1-38-15-11-5-39-44(2,35)42-9-3-12(32-7-27-13-17(23)25-6-26-18(13)32)40-10(9)4-29-45(36,37)43-16(15)21(41-11)33-8-28-14-19(33)30-22(24)31-20(14)34/h6-12,15-16,21,29H,3-5H2,1-2H3,(H2,23,25,26)(H3,24,30,31,34). The highest BCUT2D eigenvalue weighted by Gasteiger charge is 2.51. The lowest BCUT2D eigenvalue weighted by Crippen LogP contribution is -2.43. The summed E-state index contributed by atoms with van der Waals surface area (Å²) in [5.74, 6) is -0.0244. The van der Waals surface area contributed by atoms with Crippen LogP contribution in [0.4, 0.5) is 11.8 Å². The van der Waals surface area contributed by atoms with Crippen LogP contribution < -0.4 is 21.7 Å². The highest BCUT2D eigenvalue weighted by atomic mass is 32.2. The second-order valence-electron chi connectivity index (χ2n) is 10.6. The van der Waals surface area contributed by atoms with Crippen LogP contribution in [0.25, 0.3) is 22.3 Å². The predicted molar refractivity (Wildman–Crippen MR) is 152 cm³/mol. The third-order valence-corrected chi connectivity index (χ3v) is 9.93. The molecular weight excluding hydrogens is 641 g/mol. The average molecular weight is 670 g/mol. The van der Waals surface area contributed by atoms with Gasteiger partial charge in [-0.25, -0.2) is 24.1 Å². The van der Waals surface area contributed by atoms with E-state index in [2.05, 4.69) is 34.6 Å². The van der Waals surface area contributed by atoms with Gasteiger partial charge in [0.15, 0.2) is 35.0 Å². The number of hydrogen-bond acceptors (Lipinski definition) is 17. The number of H-pyrrole nitrogens is 1. The van der Waals surface area contributed by atoms with E-state index < -0.39 is 66.4 Å². The van der Waals surface area contributed by atoms with Crippen LogP contribution in [0.15, 0.2) is 23.8 Å². The van der Waals surface area contributed by atoms with Gasteiger partial charge in [0.1, 0.15) is 36.4 Å². The third-order valence-electron chi connectivity index (χ3n) is 7.66. The summed E-state index contributed by atoms with van der Waals surface area (Å²) in [5.41, 5.74) is 11.7. The van der Waals surface area contributed by atoms with Crippen molar-refractivity contribution in [3.8, 4) is 0 Å². The summed E-state index contributed by atoms with van der Waals surface area (Å²) in [6.45, 7) is 0.600. The Morgan fingerprint density at radius 1 is 1.04 bits per heavy atom. The molecule has 23 heteroatoms. The van der Waals surface area contributed by atoms with Gasteiger partial charge >= 0.3 is 17.9 Å². The molecule has 0 saturated carbocycles. The Kier molecular flexibility index (Phi) is 7.37. The predicted octanol–water partition coefficient (Wildman–Crippen LogP) is -1.22. The smallest absolute Gasteiger partial charge is 0.336 e. The molecule has 3 aliphatic heterocycles. The second kappa shape index (κ2) is 11.0. The maximum absolute atomic E-state index is 13.6. The van der Waals surface area contributed by atoms with Crippen molar-refractivity contribution in [2.24, 2.45) is 0 Å². The number of aromatic amines is 1. The van der Waals surface area contributed by atoms with Crippen molar-refractivity contribution < 1.29 is 40.4 Å². The molecule has 4 aromatic heterocycles. The van der Waals surface area contributed by atoms with Crippen LogP contribution >= 0.6 is 7.60 Å². The topological polar surface area (TPSA) is 278 Å². The first kappa shape index (κ1) is 30.1. The van der Waals surface area contributed by atoms with Crippen molar-refractivity contribution in [2.45, 2.75) is 49.4 Å². The summed E-state index contributed by atoms with van der Waals surface area (Å²) in [7, 11) is -7.02. The van der Waals surface area contributed by atoms with Gasteiger partial charge in [0.2, 0.25) is 5.95 Å². The van der Waals surface area contributed by atoms with Crippen LogP contribution in [0.1, 0.15) is 18.9 Å². The molecule has 3 saturated heterocycles. The van der Waals surface area contributed by atoms with Gasteiger partial charge in [-0.05, 0) is 0 Å². The van der Waals surface area contributed by atoms with Crippen LogP contribution in [0.2, 0.25) is 0 Å². The quantitative estimate of drug-likeness (QED) is 0.186. The molecule has 0 radical (unpaired) electrons. The fraction of sp³-hybridized carbons (Fsp3) is 0.545. The normalized spacial score (nSPS) is 33.9. The minimum absolute atomic E-state index is 0.00883. The van der Waals surface area contributed by atoms with Gasteiger partial charge in [-0.1, -0.05) is 0 Å². The first-order valence-corrected chi connectivity index (χ1v) is 16.9. The number of imidazole rings is 2. The molecule has 7 heterocycles. The third kappa shape index (κ3) is 5.47. The molecule has 6 N–H and O–H groups in total. The van der Waals surface area contributed by atoms with Crippen molar-refractivity contribution in [1.82, 2.24) is 43.8 Å². The second-order valence-corrected chi connectivity index (χ2v) is 14.0. The maximum Gasteiger partial charge on any atom is 0.336 e. The van der Waals surface area contributed by atoms with Gasteiger partial charge in [-0.15, -0.1) is 0 Å². The SMILES string of the molecule is COC1C2COP(C)(=O)OC3CC(n4cnc5c(N)ncnc54)OC3CNS(=O)(=O)OC1C(n1cnc3c(=O)[nH]c(N)nc31)O2. The number of anilines is 2. The Morgan fingerprint density at radius 2 is 1.82 bits per heavy atom. The minimum Gasteiger partial charge on any atom is -0.382 e. The highest BCUT2D eigenvalue weighted by Crippen LogP contribution is 2.50. The number of nitrogens with zero attached hydrogens (tertiary/aromatic N) is 7. The molecule has 0 aromatic carbocycles. The van der Waals surface area contributed by atoms with Gasteiger partial charge in [0, 0.05) is 26.7 Å². The van der Waals surface area contributed by atoms with Crippen LogP contribution in [0.3, 0.4) is 0 Å². The molecule has 4 aromatic rings. The van der Waals surface area contributed by atoms with Gasteiger partial charge in [-0.3, -0.25) is 23.5 Å². The zero-order valence-electron chi connectivity index (χ0n) is 23.6. The number of hydrogen-bond donors (Lipinski definition) is 4. The highest BCUT2D eigenvalue weighted by molar-refractivity contribution is 7.84.